The molecule has 3 amide bonds. The van der Waals surface area contributed by atoms with Gasteiger partial charge in [-0.05, 0) is 49.7 Å². The van der Waals surface area contributed by atoms with Gasteiger partial charge in [0.2, 0.25) is 5.91 Å². The summed E-state index contributed by atoms with van der Waals surface area (Å²) in [6.07, 6.45) is 2.63. The lowest BCUT2D eigenvalue weighted by Gasteiger charge is -2.25. The van der Waals surface area contributed by atoms with Crippen LogP contribution in [0.1, 0.15) is 31.5 Å². The molecular weight excluding hydrogens is 347 g/mol. The Kier molecular flexibility index (Phi) is 6.87. The van der Waals surface area contributed by atoms with E-state index in [1.165, 1.54) is 23.1 Å². The van der Waals surface area contributed by atoms with Crippen molar-refractivity contribution in [3.63, 3.8) is 0 Å². The van der Waals surface area contributed by atoms with Gasteiger partial charge in [-0.15, -0.1) is 0 Å². The average Bonchev–Trinajstić information content (AvgIpc) is 2.63. The number of urea groups is 1. The first-order chi connectivity index (χ1) is 12.8. The number of rotatable bonds is 6. The molecule has 27 heavy (non-hydrogen) atoms. The van der Waals surface area contributed by atoms with Gasteiger partial charge in [0.1, 0.15) is 5.82 Å². The topological polar surface area (TPSA) is 74.3 Å². The fourth-order valence-corrected chi connectivity index (χ4v) is 2.50. The summed E-state index contributed by atoms with van der Waals surface area (Å²) in [6.45, 7) is 5.61. The van der Waals surface area contributed by atoms with Gasteiger partial charge in [-0.25, -0.2) is 9.18 Å². The largest absolute Gasteiger partial charge is 0.326 e. The molecule has 1 aromatic heterocycles. The molecule has 0 fully saturated rings. The fourth-order valence-electron chi connectivity index (χ4n) is 2.50. The molecule has 2 N–H and O–H groups in total. The predicted octanol–water partition coefficient (Wildman–Crippen LogP) is 3.97. The number of nitrogens with zero attached hydrogens (tertiary/aromatic N) is 2. The van der Waals surface area contributed by atoms with E-state index in [0.717, 1.165) is 11.3 Å². The molecule has 0 spiro atoms. The third-order valence-electron chi connectivity index (χ3n) is 4.27. The summed E-state index contributed by atoms with van der Waals surface area (Å²) in [7, 11) is 1.65. The van der Waals surface area contributed by atoms with Gasteiger partial charge in [-0.2, -0.15) is 0 Å². The Morgan fingerprint density at radius 3 is 2.63 bits per heavy atom. The number of hydrogen-bond acceptors (Lipinski definition) is 3. The molecule has 1 heterocycles. The minimum Gasteiger partial charge on any atom is -0.326 e. The molecule has 6 nitrogen and oxygen atoms in total. The highest BCUT2D eigenvalue weighted by Crippen LogP contribution is 2.20. The van der Waals surface area contributed by atoms with Crippen molar-refractivity contribution < 1.29 is 14.0 Å². The normalized spacial score (nSPS) is 11.6. The van der Waals surface area contributed by atoms with Gasteiger partial charge in [0.15, 0.2) is 0 Å². The lowest BCUT2D eigenvalue weighted by molar-refractivity contribution is -0.115. The minimum absolute atomic E-state index is 0.0154. The number of carbonyl (C=O) groups excluding carboxylic acids is 2. The lowest BCUT2D eigenvalue weighted by atomic mass is 10.1. The molecule has 0 saturated heterocycles. The number of aryl methyl sites for hydroxylation is 1. The van der Waals surface area contributed by atoms with Crippen molar-refractivity contribution in [2.45, 2.75) is 39.7 Å². The first kappa shape index (κ1) is 20.4. The van der Waals surface area contributed by atoms with Crippen LogP contribution in [0, 0.1) is 12.7 Å². The molecule has 1 atom stereocenters. The van der Waals surface area contributed by atoms with Crippen LogP contribution in [-0.2, 0) is 11.2 Å². The molecule has 0 aliphatic rings. The number of likely N-dealkylation sites (N-methyl/N-ethyl adjacent to an activating group) is 1. The van der Waals surface area contributed by atoms with E-state index in [2.05, 4.69) is 15.6 Å². The smallest absolute Gasteiger partial charge is 0.321 e. The van der Waals surface area contributed by atoms with Crippen LogP contribution in [0.15, 0.2) is 36.5 Å². The molecular formula is C20H25FN4O2. The van der Waals surface area contributed by atoms with Crippen LogP contribution in [0.3, 0.4) is 0 Å². The summed E-state index contributed by atoms with van der Waals surface area (Å²) in [5.41, 5.74) is 2.43. The second-order valence-corrected chi connectivity index (χ2v) is 6.52. The van der Waals surface area contributed by atoms with E-state index >= 15 is 0 Å². The van der Waals surface area contributed by atoms with E-state index in [-0.39, 0.29) is 17.6 Å². The average molecular weight is 372 g/mol. The zero-order valence-corrected chi connectivity index (χ0v) is 16.0. The van der Waals surface area contributed by atoms with Crippen molar-refractivity contribution >= 4 is 23.3 Å². The van der Waals surface area contributed by atoms with E-state index < -0.39 is 11.8 Å². The summed E-state index contributed by atoms with van der Waals surface area (Å²) in [5.74, 6) is -0.755. The predicted molar refractivity (Wildman–Crippen MR) is 104 cm³/mol. The van der Waals surface area contributed by atoms with E-state index in [9.17, 15) is 14.0 Å². The molecule has 7 heteroatoms. The second kappa shape index (κ2) is 9.12. The van der Waals surface area contributed by atoms with Gasteiger partial charge in [-0.3, -0.25) is 9.78 Å². The zero-order chi connectivity index (χ0) is 20.0. The zero-order valence-electron chi connectivity index (χ0n) is 16.0. The highest BCUT2D eigenvalue weighted by molar-refractivity contribution is 5.93. The standard InChI is InChI=1S/C20H25FN4O2/c1-5-19(26)23-15-6-7-17(21)18(12-15)24-20(27)25(4)14(3)11-16-10-13(2)8-9-22-16/h6-10,12,14H,5,11H2,1-4H3,(H,23,26)(H,24,27). The van der Waals surface area contributed by atoms with E-state index in [1.807, 2.05) is 26.0 Å². The number of carbonyl (C=O) groups is 2. The number of aromatic nitrogens is 1. The molecule has 1 aromatic carbocycles. The Balaban J connectivity index is 2.04. The van der Waals surface area contributed by atoms with Gasteiger partial charge < -0.3 is 15.5 Å². The monoisotopic (exact) mass is 372 g/mol. The lowest BCUT2D eigenvalue weighted by Crippen LogP contribution is -2.39. The summed E-state index contributed by atoms with van der Waals surface area (Å²) >= 11 is 0. The Bertz CT molecular complexity index is 825. The molecule has 0 aliphatic carbocycles. The molecule has 144 valence electrons. The van der Waals surface area contributed by atoms with Crippen LogP contribution < -0.4 is 10.6 Å². The third kappa shape index (κ3) is 5.77. The van der Waals surface area contributed by atoms with E-state index in [0.29, 0.717) is 18.5 Å². The quantitative estimate of drug-likeness (QED) is 0.806. The Hall–Kier alpha value is -2.96. The number of amides is 3. The molecule has 0 radical (unpaired) electrons. The first-order valence-corrected chi connectivity index (χ1v) is 8.85. The van der Waals surface area contributed by atoms with Crippen LogP contribution in [0.2, 0.25) is 0 Å². The summed E-state index contributed by atoms with van der Waals surface area (Å²) in [6, 6.07) is 7.38. The third-order valence-corrected chi connectivity index (χ3v) is 4.27. The maximum atomic E-state index is 14.0. The minimum atomic E-state index is -0.570. The molecule has 2 rings (SSSR count). The molecule has 2 aromatic rings. The van der Waals surface area contributed by atoms with Crippen molar-refractivity contribution in [1.29, 1.82) is 0 Å². The van der Waals surface area contributed by atoms with Crippen molar-refractivity contribution in [2.75, 3.05) is 17.7 Å². The van der Waals surface area contributed by atoms with Crippen molar-refractivity contribution in [2.24, 2.45) is 0 Å². The van der Waals surface area contributed by atoms with Crippen molar-refractivity contribution in [1.82, 2.24) is 9.88 Å². The molecule has 0 aliphatic heterocycles. The summed E-state index contributed by atoms with van der Waals surface area (Å²) in [4.78, 5) is 29.8. The molecule has 1 unspecified atom stereocenters. The van der Waals surface area contributed by atoms with Crippen molar-refractivity contribution in [3.05, 3.63) is 53.6 Å². The van der Waals surface area contributed by atoms with Crippen LogP contribution in [-0.4, -0.2) is 34.9 Å². The van der Waals surface area contributed by atoms with Crippen LogP contribution in [0.4, 0.5) is 20.6 Å². The summed E-state index contributed by atoms with van der Waals surface area (Å²) < 4.78 is 14.0. The van der Waals surface area contributed by atoms with Crippen LogP contribution in [0.5, 0.6) is 0 Å². The first-order valence-electron chi connectivity index (χ1n) is 8.85. The number of nitrogens with one attached hydrogen (secondary N) is 2. The summed E-state index contributed by atoms with van der Waals surface area (Å²) in [5, 5.41) is 5.20. The number of pyridine rings is 1. The van der Waals surface area contributed by atoms with Crippen LogP contribution in [0.25, 0.3) is 0 Å². The van der Waals surface area contributed by atoms with Gasteiger partial charge >= 0.3 is 6.03 Å². The molecule has 0 bridgehead atoms. The Labute approximate surface area is 158 Å². The maximum absolute atomic E-state index is 14.0. The second-order valence-electron chi connectivity index (χ2n) is 6.52. The maximum Gasteiger partial charge on any atom is 0.321 e. The van der Waals surface area contributed by atoms with Crippen molar-refractivity contribution in [3.8, 4) is 0 Å². The Morgan fingerprint density at radius 2 is 1.96 bits per heavy atom. The highest BCUT2D eigenvalue weighted by Gasteiger charge is 2.18. The number of hydrogen-bond donors (Lipinski definition) is 2. The van der Waals surface area contributed by atoms with E-state index in [1.54, 1.807) is 20.2 Å². The SMILES string of the molecule is CCC(=O)Nc1ccc(F)c(NC(=O)N(C)C(C)Cc2cc(C)ccn2)c1. The Morgan fingerprint density at radius 1 is 1.22 bits per heavy atom. The number of anilines is 2. The number of benzene rings is 1. The highest BCUT2D eigenvalue weighted by atomic mass is 19.1. The van der Waals surface area contributed by atoms with Gasteiger partial charge in [0.05, 0.1) is 5.69 Å². The van der Waals surface area contributed by atoms with Crippen LogP contribution >= 0.6 is 0 Å². The molecule has 0 saturated carbocycles. The fraction of sp³-hybridized carbons (Fsp3) is 0.350. The van der Waals surface area contributed by atoms with E-state index in [4.69, 9.17) is 0 Å². The number of halogens is 1. The van der Waals surface area contributed by atoms with Gasteiger partial charge in [0, 0.05) is 43.5 Å². The van der Waals surface area contributed by atoms with Gasteiger partial charge in [-0.1, -0.05) is 6.92 Å². The van der Waals surface area contributed by atoms with Gasteiger partial charge in [0.25, 0.3) is 0 Å².